The predicted octanol–water partition coefficient (Wildman–Crippen LogP) is 1.71. The minimum Gasteiger partial charge on any atom is -0.454 e. The Kier molecular flexibility index (Phi) is 5.83. The van der Waals surface area contributed by atoms with Crippen LogP contribution in [0.1, 0.15) is 11.1 Å². The van der Waals surface area contributed by atoms with Crippen molar-refractivity contribution in [1.82, 2.24) is 9.97 Å². The van der Waals surface area contributed by atoms with Crippen molar-refractivity contribution in [3.63, 3.8) is 0 Å². The van der Waals surface area contributed by atoms with Crippen LogP contribution in [0.3, 0.4) is 0 Å². The first-order valence-corrected chi connectivity index (χ1v) is 7.46. The highest BCUT2D eigenvalue weighted by molar-refractivity contribution is 5.93. The van der Waals surface area contributed by atoms with Gasteiger partial charge in [-0.05, 0) is 43.2 Å². The molecule has 0 aliphatic heterocycles. The molecule has 1 N–H and O–H groups in total. The SMILES string of the molecule is Cc1ccc(NC(=O)COC(=O)CN(C)c2ncccn2)cc1C. The Morgan fingerprint density at radius 1 is 1.17 bits per heavy atom. The second-order valence-corrected chi connectivity index (χ2v) is 5.41. The van der Waals surface area contributed by atoms with Crippen LogP contribution in [0.25, 0.3) is 0 Å². The van der Waals surface area contributed by atoms with Crippen LogP contribution < -0.4 is 10.2 Å². The van der Waals surface area contributed by atoms with Crippen LogP contribution in [0.5, 0.6) is 0 Å². The maximum Gasteiger partial charge on any atom is 0.326 e. The van der Waals surface area contributed by atoms with Gasteiger partial charge in [0.1, 0.15) is 6.54 Å². The average Bonchev–Trinajstić information content (AvgIpc) is 2.57. The summed E-state index contributed by atoms with van der Waals surface area (Å²) in [6.07, 6.45) is 3.17. The molecule has 0 fully saturated rings. The van der Waals surface area contributed by atoms with Gasteiger partial charge in [0, 0.05) is 25.1 Å². The zero-order valence-corrected chi connectivity index (χ0v) is 13.9. The molecule has 7 heteroatoms. The molecule has 1 amide bonds. The Morgan fingerprint density at radius 3 is 2.54 bits per heavy atom. The van der Waals surface area contributed by atoms with E-state index in [4.69, 9.17) is 4.74 Å². The standard InChI is InChI=1S/C17H20N4O3/c1-12-5-6-14(9-13(12)2)20-15(22)11-24-16(23)10-21(3)17-18-7-4-8-19-17/h4-9H,10-11H2,1-3H3,(H,20,22). The highest BCUT2D eigenvalue weighted by Gasteiger charge is 2.12. The minimum atomic E-state index is -0.528. The molecule has 24 heavy (non-hydrogen) atoms. The number of likely N-dealkylation sites (N-methyl/N-ethyl adjacent to an activating group) is 1. The van der Waals surface area contributed by atoms with E-state index < -0.39 is 5.97 Å². The fourth-order valence-corrected chi connectivity index (χ4v) is 1.96. The zero-order valence-electron chi connectivity index (χ0n) is 13.9. The normalized spacial score (nSPS) is 10.1. The van der Waals surface area contributed by atoms with E-state index in [0.29, 0.717) is 11.6 Å². The quantitative estimate of drug-likeness (QED) is 0.813. The molecule has 0 radical (unpaired) electrons. The number of amides is 1. The number of nitrogens with zero attached hydrogens (tertiary/aromatic N) is 3. The molecular formula is C17H20N4O3. The highest BCUT2D eigenvalue weighted by Crippen LogP contribution is 2.13. The lowest BCUT2D eigenvalue weighted by molar-refractivity contribution is -0.145. The van der Waals surface area contributed by atoms with E-state index in [1.807, 2.05) is 32.0 Å². The number of hydrogen-bond acceptors (Lipinski definition) is 6. The zero-order chi connectivity index (χ0) is 17.5. The van der Waals surface area contributed by atoms with Gasteiger partial charge < -0.3 is 15.0 Å². The monoisotopic (exact) mass is 328 g/mol. The Bertz CT molecular complexity index is 719. The van der Waals surface area contributed by atoms with Crippen LogP contribution in [0.15, 0.2) is 36.7 Å². The summed E-state index contributed by atoms with van der Waals surface area (Å²) in [6, 6.07) is 7.29. The van der Waals surface area contributed by atoms with E-state index in [9.17, 15) is 9.59 Å². The first kappa shape index (κ1) is 17.4. The van der Waals surface area contributed by atoms with E-state index >= 15 is 0 Å². The number of hydrogen-bond donors (Lipinski definition) is 1. The van der Waals surface area contributed by atoms with Crippen molar-refractivity contribution >= 4 is 23.5 Å². The Morgan fingerprint density at radius 2 is 1.88 bits per heavy atom. The van der Waals surface area contributed by atoms with Gasteiger partial charge in [-0.3, -0.25) is 9.59 Å². The third-order valence-electron chi connectivity index (χ3n) is 3.41. The number of esters is 1. The summed E-state index contributed by atoms with van der Waals surface area (Å²) in [6.45, 7) is 3.58. The van der Waals surface area contributed by atoms with E-state index in [2.05, 4.69) is 15.3 Å². The number of carbonyl (C=O) groups excluding carboxylic acids is 2. The summed E-state index contributed by atoms with van der Waals surface area (Å²) in [7, 11) is 1.67. The van der Waals surface area contributed by atoms with Gasteiger partial charge in [0.25, 0.3) is 5.91 Å². The van der Waals surface area contributed by atoms with Gasteiger partial charge in [-0.1, -0.05) is 6.07 Å². The summed E-state index contributed by atoms with van der Waals surface area (Å²) < 4.78 is 4.97. The molecule has 0 saturated carbocycles. The smallest absolute Gasteiger partial charge is 0.326 e. The summed E-state index contributed by atoms with van der Waals surface area (Å²) in [5.41, 5.74) is 2.90. The van der Waals surface area contributed by atoms with Gasteiger partial charge in [0.15, 0.2) is 6.61 Å². The number of rotatable bonds is 6. The highest BCUT2D eigenvalue weighted by atomic mass is 16.5. The number of nitrogens with one attached hydrogen (secondary N) is 1. The molecule has 126 valence electrons. The topological polar surface area (TPSA) is 84.4 Å². The van der Waals surface area contributed by atoms with Gasteiger partial charge in [-0.15, -0.1) is 0 Å². The molecule has 7 nitrogen and oxygen atoms in total. The first-order valence-electron chi connectivity index (χ1n) is 7.46. The number of carbonyl (C=O) groups is 2. The number of aromatic nitrogens is 2. The largest absolute Gasteiger partial charge is 0.454 e. The fourth-order valence-electron chi connectivity index (χ4n) is 1.96. The van der Waals surface area contributed by atoms with Gasteiger partial charge in [-0.25, -0.2) is 9.97 Å². The van der Waals surface area contributed by atoms with Crippen molar-refractivity contribution < 1.29 is 14.3 Å². The van der Waals surface area contributed by atoms with Gasteiger partial charge in [-0.2, -0.15) is 0 Å². The second kappa shape index (κ2) is 8.05. The lowest BCUT2D eigenvalue weighted by Gasteiger charge is -2.15. The molecule has 0 atom stereocenters. The third-order valence-corrected chi connectivity index (χ3v) is 3.41. The molecule has 2 rings (SSSR count). The van der Waals surface area contributed by atoms with E-state index in [-0.39, 0.29) is 19.1 Å². The minimum absolute atomic E-state index is 0.0407. The average molecular weight is 328 g/mol. The second-order valence-electron chi connectivity index (χ2n) is 5.41. The molecule has 0 spiro atoms. The van der Waals surface area contributed by atoms with Crippen molar-refractivity contribution in [3.05, 3.63) is 47.8 Å². The molecule has 1 aromatic carbocycles. The van der Waals surface area contributed by atoms with Crippen LogP contribution in [-0.2, 0) is 14.3 Å². The number of anilines is 2. The van der Waals surface area contributed by atoms with E-state index in [1.54, 1.807) is 30.4 Å². The molecular weight excluding hydrogens is 308 g/mol. The van der Waals surface area contributed by atoms with Crippen LogP contribution >= 0.6 is 0 Å². The van der Waals surface area contributed by atoms with Gasteiger partial charge in [0.05, 0.1) is 0 Å². The number of benzene rings is 1. The van der Waals surface area contributed by atoms with Crippen molar-refractivity contribution in [3.8, 4) is 0 Å². The van der Waals surface area contributed by atoms with Crippen LogP contribution in [0.2, 0.25) is 0 Å². The molecule has 0 bridgehead atoms. The number of aryl methyl sites for hydroxylation is 2. The lowest BCUT2D eigenvalue weighted by Crippen LogP contribution is -2.30. The Hall–Kier alpha value is -2.96. The molecule has 0 unspecified atom stereocenters. The van der Waals surface area contributed by atoms with Crippen LogP contribution in [-0.4, -0.2) is 42.0 Å². The maximum atomic E-state index is 11.8. The summed E-state index contributed by atoms with van der Waals surface area (Å²) in [4.78, 5) is 33.2. The van der Waals surface area contributed by atoms with Crippen molar-refractivity contribution in [2.24, 2.45) is 0 Å². The lowest BCUT2D eigenvalue weighted by atomic mass is 10.1. The summed E-state index contributed by atoms with van der Waals surface area (Å²) in [5, 5.41) is 2.70. The maximum absolute atomic E-state index is 11.8. The molecule has 2 aromatic rings. The van der Waals surface area contributed by atoms with Crippen molar-refractivity contribution in [2.75, 3.05) is 30.4 Å². The van der Waals surface area contributed by atoms with Crippen LogP contribution in [0.4, 0.5) is 11.6 Å². The van der Waals surface area contributed by atoms with Crippen LogP contribution in [0, 0.1) is 13.8 Å². The first-order chi connectivity index (χ1) is 11.5. The fraction of sp³-hybridized carbons (Fsp3) is 0.294. The van der Waals surface area contributed by atoms with Crippen molar-refractivity contribution in [1.29, 1.82) is 0 Å². The predicted molar refractivity (Wildman–Crippen MR) is 90.8 cm³/mol. The molecule has 0 aliphatic carbocycles. The number of ether oxygens (including phenoxy) is 1. The van der Waals surface area contributed by atoms with E-state index in [0.717, 1.165) is 11.1 Å². The Balaban J connectivity index is 1.78. The molecule has 1 aromatic heterocycles. The van der Waals surface area contributed by atoms with Crippen molar-refractivity contribution in [2.45, 2.75) is 13.8 Å². The van der Waals surface area contributed by atoms with Gasteiger partial charge >= 0.3 is 5.97 Å². The van der Waals surface area contributed by atoms with Gasteiger partial charge in [0.2, 0.25) is 5.95 Å². The summed E-state index contributed by atoms with van der Waals surface area (Å²) in [5.74, 6) is -0.501. The third kappa shape index (κ3) is 5.05. The molecule has 0 saturated heterocycles. The molecule has 1 heterocycles. The Labute approximate surface area is 140 Å². The van der Waals surface area contributed by atoms with E-state index in [1.165, 1.54) is 0 Å². The summed E-state index contributed by atoms with van der Waals surface area (Å²) >= 11 is 0. The molecule has 0 aliphatic rings.